The Morgan fingerprint density at radius 3 is 2.11 bits per heavy atom. The molecule has 1 aliphatic heterocycles. The summed E-state index contributed by atoms with van der Waals surface area (Å²) in [5.74, 6) is -3.53. The first kappa shape index (κ1) is 26.0. The van der Waals surface area contributed by atoms with Crippen LogP contribution in [-0.4, -0.2) is 17.8 Å². The van der Waals surface area contributed by atoms with Gasteiger partial charge >= 0.3 is 6.18 Å². The van der Waals surface area contributed by atoms with Gasteiger partial charge in [-0.25, -0.2) is 13.2 Å². The lowest BCUT2D eigenvalue weighted by Crippen LogP contribution is -2.38. The van der Waals surface area contributed by atoms with Crippen LogP contribution in [0.3, 0.4) is 0 Å². The van der Waals surface area contributed by atoms with E-state index in [-0.39, 0.29) is 17.2 Å². The van der Waals surface area contributed by atoms with E-state index in [0.717, 1.165) is 44.8 Å². The summed E-state index contributed by atoms with van der Waals surface area (Å²) >= 11 is 0. The van der Waals surface area contributed by atoms with E-state index < -0.39 is 34.8 Å². The van der Waals surface area contributed by atoms with Crippen LogP contribution in [0.1, 0.15) is 69.4 Å². The molecule has 1 saturated carbocycles. The number of aliphatic hydroxyl groups is 1. The molecule has 1 heterocycles. The number of alkyl halides is 3. The molecule has 0 amide bonds. The summed E-state index contributed by atoms with van der Waals surface area (Å²) in [7, 11) is 0. The molecule has 192 valence electrons. The van der Waals surface area contributed by atoms with Crippen LogP contribution in [0.15, 0.2) is 30.3 Å². The summed E-state index contributed by atoms with van der Waals surface area (Å²) in [6, 6.07) is 4.76. The van der Waals surface area contributed by atoms with Gasteiger partial charge < -0.3 is 9.84 Å². The average molecular weight is 501 g/mol. The average Bonchev–Trinajstić information content (AvgIpc) is 2.79. The van der Waals surface area contributed by atoms with Crippen LogP contribution < -0.4 is 0 Å². The lowest BCUT2D eigenvalue weighted by molar-refractivity contribution is -0.142. The predicted octanol–water partition coefficient (Wildman–Crippen LogP) is 7.76. The maximum Gasteiger partial charge on any atom is 0.422 e. The zero-order chi connectivity index (χ0) is 25.4. The molecule has 0 aromatic heterocycles. The van der Waals surface area contributed by atoms with Crippen LogP contribution in [0.4, 0.5) is 26.3 Å². The van der Waals surface area contributed by atoms with E-state index in [4.69, 9.17) is 4.74 Å². The van der Waals surface area contributed by atoms with Crippen LogP contribution in [0, 0.1) is 29.3 Å². The predicted molar refractivity (Wildman–Crippen MR) is 120 cm³/mol. The summed E-state index contributed by atoms with van der Waals surface area (Å²) < 4.78 is 87.5. The third-order valence-electron chi connectivity index (χ3n) is 7.63. The van der Waals surface area contributed by atoms with E-state index >= 15 is 0 Å². The molecule has 0 bridgehead atoms. The van der Waals surface area contributed by atoms with E-state index in [9.17, 15) is 31.4 Å². The van der Waals surface area contributed by atoms with Crippen molar-refractivity contribution in [3.05, 3.63) is 58.9 Å². The Balaban J connectivity index is 1.46. The van der Waals surface area contributed by atoms with Crippen molar-refractivity contribution in [1.82, 2.24) is 0 Å². The van der Waals surface area contributed by atoms with E-state index in [1.165, 1.54) is 18.6 Å². The third-order valence-corrected chi connectivity index (χ3v) is 7.63. The maximum absolute atomic E-state index is 14.9. The second-order valence-corrected chi connectivity index (χ2v) is 9.98. The monoisotopic (exact) mass is 500 g/mol. The minimum atomic E-state index is -5.20. The number of halogens is 6. The standard InChI is InChI=1S/C27H30F6O2/c1-2-3-16-4-7-24(35-15-16)17-8-10-26(34,11-9-17)19-5-6-20(21(28)14-19)18-12-22(29)25(23(30)13-18)27(31,32)33/h5-6,12-14,16-17,24,34H,2-4,7-11,15H2,1H3. The molecule has 1 N–H and O–H groups in total. The fourth-order valence-corrected chi connectivity index (χ4v) is 5.65. The van der Waals surface area contributed by atoms with Gasteiger partial charge in [-0.2, -0.15) is 13.2 Å². The normalized spacial score (nSPS) is 27.7. The summed E-state index contributed by atoms with van der Waals surface area (Å²) in [5, 5.41) is 11.2. The molecule has 2 aliphatic rings. The van der Waals surface area contributed by atoms with Crippen LogP contribution in [0.2, 0.25) is 0 Å². The molecule has 1 saturated heterocycles. The molecule has 1 aliphatic carbocycles. The van der Waals surface area contributed by atoms with Gasteiger partial charge in [-0.05, 0) is 86.1 Å². The van der Waals surface area contributed by atoms with Crippen LogP contribution in [0.5, 0.6) is 0 Å². The molecule has 2 nitrogen and oxygen atoms in total. The Kier molecular flexibility index (Phi) is 7.53. The van der Waals surface area contributed by atoms with Gasteiger partial charge in [0.2, 0.25) is 0 Å². The fraction of sp³-hybridized carbons (Fsp3) is 0.556. The highest BCUT2D eigenvalue weighted by Crippen LogP contribution is 2.44. The largest absolute Gasteiger partial charge is 0.422 e. The Morgan fingerprint density at radius 1 is 0.943 bits per heavy atom. The van der Waals surface area contributed by atoms with Crippen molar-refractivity contribution in [3.63, 3.8) is 0 Å². The van der Waals surface area contributed by atoms with Gasteiger partial charge in [-0.15, -0.1) is 0 Å². The molecular formula is C27H30F6O2. The first-order chi connectivity index (χ1) is 16.5. The molecule has 0 spiro atoms. The van der Waals surface area contributed by atoms with Gasteiger partial charge in [-0.1, -0.05) is 25.5 Å². The Hall–Kier alpha value is -2.06. The number of hydrogen-bond acceptors (Lipinski definition) is 2. The Morgan fingerprint density at radius 2 is 1.60 bits per heavy atom. The Labute approximate surface area is 201 Å². The van der Waals surface area contributed by atoms with Crippen molar-refractivity contribution < 1.29 is 36.2 Å². The fourth-order valence-electron chi connectivity index (χ4n) is 5.65. The van der Waals surface area contributed by atoms with Gasteiger partial charge in [0.15, 0.2) is 0 Å². The van der Waals surface area contributed by atoms with Crippen LogP contribution in [-0.2, 0) is 16.5 Å². The number of benzene rings is 2. The van der Waals surface area contributed by atoms with Gasteiger partial charge in [0.05, 0.1) is 11.7 Å². The number of hydrogen-bond donors (Lipinski definition) is 1. The summed E-state index contributed by atoms with van der Waals surface area (Å²) in [6.07, 6.45) is 1.78. The third kappa shape index (κ3) is 5.53. The topological polar surface area (TPSA) is 29.5 Å². The molecule has 2 aromatic rings. The summed E-state index contributed by atoms with van der Waals surface area (Å²) in [6.45, 7) is 2.95. The molecule has 0 radical (unpaired) electrons. The molecule has 2 aromatic carbocycles. The lowest BCUT2D eigenvalue weighted by Gasteiger charge is -2.41. The number of ether oxygens (including phenoxy) is 1. The lowest BCUT2D eigenvalue weighted by atomic mass is 9.72. The molecule has 2 unspecified atom stereocenters. The highest BCUT2D eigenvalue weighted by molar-refractivity contribution is 5.65. The smallest absolute Gasteiger partial charge is 0.385 e. The van der Waals surface area contributed by atoms with E-state index in [1.54, 1.807) is 0 Å². The van der Waals surface area contributed by atoms with Gasteiger partial charge in [0, 0.05) is 12.2 Å². The van der Waals surface area contributed by atoms with Crippen molar-refractivity contribution in [2.75, 3.05) is 6.61 Å². The molecular weight excluding hydrogens is 470 g/mol. The highest BCUT2D eigenvalue weighted by atomic mass is 19.4. The minimum Gasteiger partial charge on any atom is -0.385 e. The van der Waals surface area contributed by atoms with E-state index in [1.807, 2.05) is 0 Å². The van der Waals surface area contributed by atoms with Crippen LogP contribution >= 0.6 is 0 Å². The van der Waals surface area contributed by atoms with Crippen molar-refractivity contribution >= 4 is 0 Å². The molecule has 2 fully saturated rings. The first-order valence-corrected chi connectivity index (χ1v) is 12.2. The SMILES string of the molecule is CCCC1CCC(C2CCC(O)(c3ccc(-c4cc(F)c(C(F)(F)F)c(F)c4)c(F)c3)CC2)OC1. The molecule has 4 rings (SSSR count). The highest BCUT2D eigenvalue weighted by Gasteiger charge is 2.40. The van der Waals surface area contributed by atoms with Crippen molar-refractivity contribution in [2.45, 2.75) is 76.2 Å². The molecule has 35 heavy (non-hydrogen) atoms. The zero-order valence-electron chi connectivity index (χ0n) is 19.6. The summed E-state index contributed by atoms with van der Waals surface area (Å²) in [5.41, 5.74) is -3.49. The van der Waals surface area contributed by atoms with Crippen molar-refractivity contribution in [1.29, 1.82) is 0 Å². The van der Waals surface area contributed by atoms with Gasteiger partial charge in [0.25, 0.3) is 0 Å². The quantitative estimate of drug-likeness (QED) is 0.425. The molecule has 8 heteroatoms. The van der Waals surface area contributed by atoms with Gasteiger partial charge in [-0.3, -0.25) is 0 Å². The second kappa shape index (κ2) is 10.1. The van der Waals surface area contributed by atoms with E-state index in [0.29, 0.717) is 42.4 Å². The minimum absolute atomic E-state index is 0.177. The van der Waals surface area contributed by atoms with Crippen molar-refractivity contribution in [3.8, 4) is 11.1 Å². The first-order valence-electron chi connectivity index (χ1n) is 12.2. The zero-order valence-corrected chi connectivity index (χ0v) is 19.6. The second-order valence-electron chi connectivity index (χ2n) is 9.98. The van der Waals surface area contributed by atoms with E-state index in [2.05, 4.69) is 6.92 Å². The maximum atomic E-state index is 14.9. The van der Waals surface area contributed by atoms with Crippen molar-refractivity contribution in [2.24, 2.45) is 11.8 Å². The van der Waals surface area contributed by atoms with Crippen LogP contribution in [0.25, 0.3) is 11.1 Å². The molecule has 2 atom stereocenters. The summed E-state index contributed by atoms with van der Waals surface area (Å²) in [4.78, 5) is 0. The van der Waals surface area contributed by atoms with Gasteiger partial charge in [0.1, 0.15) is 23.0 Å². The number of rotatable bonds is 5. The Bertz CT molecular complexity index is 1010.